The molecule has 0 fully saturated rings. The van der Waals surface area contributed by atoms with Crippen molar-refractivity contribution in [1.82, 2.24) is 5.48 Å². The van der Waals surface area contributed by atoms with E-state index in [0.29, 0.717) is 25.5 Å². The average Bonchev–Trinajstić information content (AvgIpc) is 2.28. The molecule has 94 valence electrons. The van der Waals surface area contributed by atoms with Crippen molar-refractivity contribution >= 4 is 5.69 Å². The lowest BCUT2D eigenvalue weighted by molar-refractivity contribution is -0.385. The molecule has 0 atom stereocenters. The van der Waals surface area contributed by atoms with Crippen LogP contribution in [0.25, 0.3) is 0 Å². The van der Waals surface area contributed by atoms with Crippen LogP contribution in [0.2, 0.25) is 0 Å². The molecule has 17 heavy (non-hydrogen) atoms. The zero-order valence-electron chi connectivity index (χ0n) is 10.2. The average molecular weight is 238 g/mol. The SMILES string of the molecule is CC(C)CONCCc1ccccc1[N+](=O)[O-]. The zero-order chi connectivity index (χ0) is 12.7. The van der Waals surface area contributed by atoms with Crippen LogP contribution in [0.3, 0.4) is 0 Å². The second kappa shape index (κ2) is 6.98. The Morgan fingerprint density at radius 3 is 2.76 bits per heavy atom. The van der Waals surface area contributed by atoms with E-state index in [9.17, 15) is 10.1 Å². The fourth-order valence-electron chi connectivity index (χ4n) is 1.38. The van der Waals surface area contributed by atoms with Gasteiger partial charge in [0.05, 0.1) is 11.5 Å². The third-order valence-electron chi connectivity index (χ3n) is 2.20. The van der Waals surface area contributed by atoms with Crippen molar-refractivity contribution in [3.05, 3.63) is 39.9 Å². The first kappa shape index (κ1) is 13.6. The van der Waals surface area contributed by atoms with Gasteiger partial charge in [-0.2, -0.15) is 0 Å². The fourth-order valence-corrected chi connectivity index (χ4v) is 1.38. The predicted molar refractivity (Wildman–Crippen MR) is 65.6 cm³/mol. The van der Waals surface area contributed by atoms with E-state index in [0.717, 1.165) is 5.56 Å². The summed E-state index contributed by atoms with van der Waals surface area (Å²) in [6, 6.07) is 6.76. The third-order valence-corrected chi connectivity index (χ3v) is 2.20. The van der Waals surface area contributed by atoms with Crippen molar-refractivity contribution < 1.29 is 9.76 Å². The molecule has 1 N–H and O–H groups in total. The van der Waals surface area contributed by atoms with Gasteiger partial charge < -0.3 is 4.84 Å². The molecular formula is C12H18N2O3. The number of hydroxylamine groups is 1. The van der Waals surface area contributed by atoms with Crippen molar-refractivity contribution in [3.63, 3.8) is 0 Å². The van der Waals surface area contributed by atoms with E-state index in [-0.39, 0.29) is 10.6 Å². The second-order valence-electron chi connectivity index (χ2n) is 4.24. The van der Waals surface area contributed by atoms with Gasteiger partial charge in [0.1, 0.15) is 0 Å². The molecule has 0 amide bonds. The van der Waals surface area contributed by atoms with Crippen molar-refractivity contribution in [3.8, 4) is 0 Å². The van der Waals surface area contributed by atoms with Gasteiger partial charge in [0.2, 0.25) is 0 Å². The lowest BCUT2D eigenvalue weighted by Crippen LogP contribution is -2.20. The molecule has 0 aromatic heterocycles. The molecule has 5 heteroatoms. The molecular weight excluding hydrogens is 220 g/mol. The number of nitrogens with one attached hydrogen (secondary N) is 1. The minimum absolute atomic E-state index is 0.165. The Morgan fingerprint density at radius 1 is 1.41 bits per heavy atom. The highest BCUT2D eigenvalue weighted by atomic mass is 16.6. The maximum absolute atomic E-state index is 10.8. The van der Waals surface area contributed by atoms with Crippen LogP contribution in [0.5, 0.6) is 0 Å². The number of para-hydroxylation sites is 1. The van der Waals surface area contributed by atoms with Crippen LogP contribution in [0.1, 0.15) is 19.4 Å². The Balaban J connectivity index is 2.39. The number of nitrogens with zero attached hydrogens (tertiary/aromatic N) is 1. The predicted octanol–water partition coefficient (Wildman–Crippen LogP) is 2.31. The van der Waals surface area contributed by atoms with E-state index in [4.69, 9.17) is 4.84 Å². The highest BCUT2D eigenvalue weighted by Gasteiger charge is 2.11. The van der Waals surface area contributed by atoms with Crippen LogP contribution in [-0.4, -0.2) is 18.1 Å². The first-order chi connectivity index (χ1) is 8.11. The maximum Gasteiger partial charge on any atom is 0.272 e. The Hall–Kier alpha value is -1.46. The summed E-state index contributed by atoms with van der Waals surface area (Å²) in [5.41, 5.74) is 3.69. The molecule has 0 unspecified atom stereocenters. The summed E-state index contributed by atoms with van der Waals surface area (Å²) in [6.07, 6.45) is 0.579. The van der Waals surface area contributed by atoms with Crippen LogP contribution in [0.4, 0.5) is 5.69 Å². The van der Waals surface area contributed by atoms with E-state index in [1.54, 1.807) is 18.2 Å². The van der Waals surface area contributed by atoms with Crippen LogP contribution < -0.4 is 5.48 Å². The summed E-state index contributed by atoms with van der Waals surface area (Å²) in [6.45, 7) is 5.32. The van der Waals surface area contributed by atoms with Gasteiger partial charge in [-0.3, -0.25) is 10.1 Å². The molecule has 0 radical (unpaired) electrons. The smallest absolute Gasteiger partial charge is 0.272 e. The minimum Gasteiger partial charge on any atom is -0.302 e. The van der Waals surface area contributed by atoms with Crippen LogP contribution in [0, 0.1) is 16.0 Å². The van der Waals surface area contributed by atoms with E-state index in [1.165, 1.54) is 6.07 Å². The number of benzene rings is 1. The molecule has 0 bridgehead atoms. The van der Waals surface area contributed by atoms with Gasteiger partial charge in [-0.05, 0) is 12.3 Å². The molecule has 0 aliphatic rings. The van der Waals surface area contributed by atoms with Crippen LogP contribution >= 0.6 is 0 Å². The Kier molecular flexibility index (Phi) is 5.59. The Labute approximate surface area is 101 Å². The topological polar surface area (TPSA) is 64.4 Å². The van der Waals surface area contributed by atoms with Crippen LogP contribution in [-0.2, 0) is 11.3 Å². The van der Waals surface area contributed by atoms with Gasteiger partial charge >= 0.3 is 0 Å². The summed E-state index contributed by atoms with van der Waals surface area (Å²) in [5, 5.41) is 10.8. The minimum atomic E-state index is -0.357. The monoisotopic (exact) mass is 238 g/mol. The molecule has 1 aromatic carbocycles. The standard InChI is InChI=1S/C12H18N2O3/c1-10(2)9-17-13-8-7-11-5-3-4-6-12(11)14(15)16/h3-6,10,13H,7-9H2,1-2H3. The molecule has 0 aliphatic heterocycles. The summed E-state index contributed by atoms with van der Waals surface area (Å²) in [5.74, 6) is 0.466. The van der Waals surface area contributed by atoms with E-state index < -0.39 is 0 Å². The number of rotatable bonds is 7. The third kappa shape index (κ3) is 4.93. The normalized spacial score (nSPS) is 10.8. The number of hydrogen-bond acceptors (Lipinski definition) is 4. The van der Waals surface area contributed by atoms with Crippen molar-refractivity contribution in [2.75, 3.05) is 13.2 Å². The van der Waals surface area contributed by atoms with Gasteiger partial charge in [-0.15, -0.1) is 0 Å². The highest BCUT2D eigenvalue weighted by Crippen LogP contribution is 2.17. The van der Waals surface area contributed by atoms with Crippen molar-refractivity contribution in [1.29, 1.82) is 0 Å². The highest BCUT2D eigenvalue weighted by molar-refractivity contribution is 5.39. The van der Waals surface area contributed by atoms with Crippen molar-refractivity contribution in [2.45, 2.75) is 20.3 Å². The lowest BCUT2D eigenvalue weighted by Gasteiger charge is -2.07. The lowest BCUT2D eigenvalue weighted by atomic mass is 10.1. The summed E-state index contributed by atoms with van der Waals surface area (Å²) in [4.78, 5) is 15.6. The summed E-state index contributed by atoms with van der Waals surface area (Å²) in [7, 11) is 0. The molecule has 0 saturated carbocycles. The van der Waals surface area contributed by atoms with Gasteiger partial charge in [-0.1, -0.05) is 32.0 Å². The molecule has 1 rings (SSSR count). The van der Waals surface area contributed by atoms with Crippen LogP contribution in [0.15, 0.2) is 24.3 Å². The number of nitro benzene ring substituents is 1. The second-order valence-corrected chi connectivity index (χ2v) is 4.24. The number of nitro groups is 1. The Bertz CT molecular complexity index is 367. The van der Waals surface area contributed by atoms with Gasteiger partial charge in [0.15, 0.2) is 0 Å². The van der Waals surface area contributed by atoms with Gasteiger partial charge in [0.25, 0.3) is 5.69 Å². The molecule has 1 aromatic rings. The summed E-state index contributed by atoms with van der Waals surface area (Å²) >= 11 is 0. The van der Waals surface area contributed by atoms with Gasteiger partial charge in [-0.25, -0.2) is 5.48 Å². The molecule has 5 nitrogen and oxygen atoms in total. The van der Waals surface area contributed by atoms with E-state index in [1.807, 2.05) is 0 Å². The number of hydrogen-bond donors (Lipinski definition) is 1. The molecule has 0 aliphatic carbocycles. The largest absolute Gasteiger partial charge is 0.302 e. The molecule has 0 heterocycles. The first-order valence-electron chi connectivity index (χ1n) is 5.68. The fraction of sp³-hybridized carbons (Fsp3) is 0.500. The molecule has 0 spiro atoms. The Morgan fingerprint density at radius 2 is 2.12 bits per heavy atom. The van der Waals surface area contributed by atoms with Crippen molar-refractivity contribution in [2.24, 2.45) is 5.92 Å². The van der Waals surface area contributed by atoms with E-state index >= 15 is 0 Å². The maximum atomic E-state index is 10.8. The molecule has 0 saturated heterocycles. The quantitative estimate of drug-likeness (QED) is 0.450. The zero-order valence-corrected chi connectivity index (χ0v) is 10.2. The summed E-state index contributed by atoms with van der Waals surface area (Å²) < 4.78 is 0. The van der Waals surface area contributed by atoms with E-state index in [2.05, 4.69) is 19.3 Å². The first-order valence-corrected chi connectivity index (χ1v) is 5.68. The van der Waals surface area contributed by atoms with Gasteiger partial charge in [0, 0.05) is 18.2 Å².